The van der Waals surface area contributed by atoms with Crippen LogP contribution in [0.1, 0.15) is 49.0 Å². The molecule has 1 aliphatic carbocycles. The molecular formula is C16H25N3O. The highest BCUT2D eigenvalue weighted by atomic mass is 16.1. The third-order valence-electron chi connectivity index (χ3n) is 3.86. The highest BCUT2D eigenvalue weighted by Crippen LogP contribution is 2.30. The Morgan fingerprint density at radius 3 is 2.60 bits per heavy atom. The summed E-state index contributed by atoms with van der Waals surface area (Å²) in [7, 11) is 0. The van der Waals surface area contributed by atoms with Gasteiger partial charge in [0, 0.05) is 23.8 Å². The van der Waals surface area contributed by atoms with E-state index in [0.717, 1.165) is 18.7 Å². The largest absolute Gasteiger partial charge is 0.398 e. The number of primary amides is 1. The first-order valence-electron chi connectivity index (χ1n) is 7.39. The van der Waals surface area contributed by atoms with E-state index in [1.807, 2.05) is 6.07 Å². The predicted octanol–water partition coefficient (Wildman–Crippen LogP) is 2.38. The Morgan fingerprint density at radius 2 is 2.10 bits per heavy atom. The van der Waals surface area contributed by atoms with Crippen LogP contribution < -0.4 is 11.5 Å². The van der Waals surface area contributed by atoms with Crippen LogP contribution in [0.5, 0.6) is 0 Å². The molecule has 2 rings (SSSR count). The van der Waals surface area contributed by atoms with Gasteiger partial charge < -0.3 is 11.5 Å². The third kappa shape index (κ3) is 3.97. The summed E-state index contributed by atoms with van der Waals surface area (Å²) in [6.07, 6.45) is 3.78. The van der Waals surface area contributed by atoms with Crippen molar-refractivity contribution in [2.45, 2.75) is 45.7 Å². The molecule has 1 aliphatic rings. The maximum atomic E-state index is 11.1. The van der Waals surface area contributed by atoms with E-state index in [-0.39, 0.29) is 0 Å². The van der Waals surface area contributed by atoms with E-state index < -0.39 is 5.91 Å². The van der Waals surface area contributed by atoms with Crippen LogP contribution in [0.15, 0.2) is 18.2 Å². The molecule has 4 heteroatoms. The zero-order chi connectivity index (χ0) is 14.7. The summed E-state index contributed by atoms with van der Waals surface area (Å²) in [6, 6.07) is 6.09. The number of nitrogen functional groups attached to an aromatic ring is 1. The normalized spacial score (nSPS) is 15.0. The number of rotatable bonds is 7. The number of hydrogen-bond acceptors (Lipinski definition) is 3. The second kappa shape index (κ2) is 6.27. The lowest BCUT2D eigenvalue weighted by molar-refractivity contribution is 0.100. The molecular weight excluding hydrogens is 250 g/mol. The minimum atomic E-state index is -0.429. The van der Waals surface area contributed by atoms with E-state index in [0.29, 0.717) is 23.2 Å². The van der Waals surface area contributed by atoms with Crippen molar-refractivity contribution in [3.8, 4) is 0 Å². The number of hydrogen-bond donors (Lipinski definition) is 2. The van der Waals surface area contributed by atoms with Crippen LogP contribution in [0.4, 0.5) is 5.69 Å². The molecule has 4 N–H and O–H groups in total. The zero-order valence-electron chi connectivity index (χ0n) is 12.4. The summed E-state index contributed by atoms with van der Waals surface area (Å²) in [5, 5.41) is 0. The summed E-state index contributed by atoms with van der Waals surface area (Å²) in [6.45, 7) is 6.48. The van der Waals surface area contributed by atoms with Crippen LogP contribution >= 0.6 is 0 Å². The summed E-state index contributed by atoms with van der Waals surface area (Å²) >= 11 is 0. The summed E-state index contributed by atoms with van der Waals surface area (Å²) in [5.74, 6) is 0.285. The predicted molar refractivity (Wildman–Crippen MR) is 82.3 cm³/mol. The Hall–Kier alpha value is -1.55. The van der Waals surface area contributed by atoms with Crippen molar-refractivity contribution in [3.05, 3.63) is 29.3 Å². The fraction of sp³-hybridized carbons (Fsp3) is 0.562. The lowest BCUT2D eigenvalue weighted by Crippen LogP contribution is -2.28. The first-order valence-corrected chi connectivity index (χ1v) is 7.39. The lowest BCUT2D eigenvalue weighted by Gasteiger charge is -2.24. The number of anilines is 1. The molecule has 1 amide bonds. The highest BCUT2D eigenvalue weighted by Gasteiger charge is 2.29. The molecule has 110 valence electrons. The Bertz CT molecular complexity index is 481. The second-order valence-electron chi connectivity index (χ2n) is 6.16. The smallest absolute Gasteiger partial charge is 0.248 e. The fourth-order valence-corrected chi connectivity index (χ4v) is 2.37. The Morgan fingerprint density at radius 1 is 1.40 bits per heavy atom. The van der Waals surface area contributed by atoms with E-state index in [9.17, 15) is 4.79 Å². The van der Waals surface area contributed by atoms with Gasteiger partial charge in [0.2, 0.25) is 5.91 Å². The number of nitrogens with two attached hydrogens (primary N) is 2. The van der Waals surface area contributed by atoms with Crippen molar-refractivity contribution in [1.82, 2.24) is 4.90 Å². The van der Waals surface area contributed by atoms with Gasteiger partial charge in [0.25, 0.3) is 0 Å². The van der Waals surface area contributed by atoms with Gasteiger partial charge in [0.1, 0.15) is 0 Å². The molecule has 0 bridgehead atoms. The van der Waals surface area contributed by atoms with Crippen molar-refractivity contribution in [3.63, 3.8) is 0 Å². The number of amides is 1. The SMILES string of the molecule is CC(C)CCN(Cc1ccc(C(N)=O)cc1N)C1CC1. The van der Waals surface area contributed by atoms with Gasteiger partial charge in [0.15, 0.2) is 0 Å². The van der Waals surface area contributed by atoms with Crippen molar-refractivity contribution in [1.29, 1.82) is 0 Å². The number of carbonyl (C=O) groups is 1. The highest BCUT2D eigenvalue weighted by molar-refractivity contribution is 5.93. The molecule has 0 atom stereocenters. The summed E-state index contributed by atoms with van der Waals surface area (Å²) in [4.78, 5) is 13.6. The van der Waals surface area contributed by atoms with E-state index >= 15 is 0 Å². The van der Waals surface area contributed by atoms with Gasteiger partial charge in [-0.25, -0.2) is 0 Å². The standard InChI is InChI=1S/C16H25N3O/c1-11(2)7-8-19(14-5-6-14)10-13-4-3-12(16(18)20)9-15(13)17/h3-4,9,11,14H,5-8,10,17H2,1-2H3,(H2,18,20). The van der Waals surface area contributed by atoms with Gasteiger partial charge in [-0.2, -0.15) is 0 Å². The quantitative estimate of drug-likeness (QED) is 0.750. The van der Waals surface area contributed by atoms with Crippen molar-refractivity contribution in [2.75, 3.05) is 12.3 Å². The maximum Gasteiger partial charge on any atom is 0.248 e. The van der Waals surface area contributed by atoms with Crippen LogP contribution in [0.2, 0.25) is 0 Å². The Labute approximate surface area is 121 Å². The van der Waals surface area contributed by atoms with Crippen molar-refractivity contribution < 1.29 is 4.79 Å². The van der Waals surface area contributed by atoms with Gasteiger partial charge >= 0.3 is 0 Å². The van der Waals surface area contributed by atoms with E-state index in [1.54, 1.807) is 12.1 Å². The molecule has 1 aromatic carbocycles. The number of carbonyl (C=O) groups excluding carboxylic acids is 1. The zero-order valence-corrected chi connectivity index (χ0v) is 12.4. The van der Waals surface area contributed by atoms with E-state index in [4.69, 9.17) is 11.5 Å². The van der Waals surface area contributed by atoms with E-state index in [2.05, 4.69) is 18.7 Å². The molecule has 0 unspecified atom stereocenters. The molecule has 4 nitrogen and oxygen atoms in total. The van der Waals surface area contributed by atoms with Crippen LogP contribution in [-0.2, 0) is 6.54 Å². The average Bonchev–Trinajstić information content (AvgIpc) is 3.19. The maximum absolute atomic E-state index is 11.1. The molecule has 0 aliphatic heterocycles. The van der Waals surface area contributed by atoms with Crippen molar-refractivity contribution >= 4 is 11.6 Å². The topological polar surface area (TPSA) is 72.3 Å². The van der Waals surface area contributed by atoms with Crippen LogP contribution in [0.3, 0.4) is 0 Å². The summed E-state index contributed by atoms with van der Waals surface area (Å²) < 4.78 is 0. The first kappa shape index (κ1) is 14.9. The summed E-state index contributed by atoms with van der Waals surface area (Å²) in [5.41, 5.74) is 13.5. The second-order valence-corrected chi connectivity index (χ2v) is 6.16. The van der Waals surface area contributed by atoms with Gasteiger partial charge in [-0.15, -0.1) is 0 Å². The third-order valence-corrected chi connectivity index (χ3v) is 3.86. The molecule has 0 aromatic heterocycles. The number of benzene rings is 1. The number of nitrogens with zero attached hydrogens (tertiary/aromatic N) is 1. The van der Waals surface area contributed by atoms with Gasteiger partial charge in [-0.05, 0) is 49.4 Å². The fourth-order valence-electron chi connectivity index (χ4n) is 2.37. The lowest BCUT2D eigenvalue weighted by atomic mass is 10.1. The van der Waals surface area contributed by atoms with Crippen LogP contribution in [-0.4, -0.2) is 23.4 Å². The Kier molecular flexibility index (Phi) is 4.65. The van der Waals surface area contributed by atoms with Gasteiger partial charge in [-0.3, -0.25) is 9.69 Å². The van der Waals surface area contributed by atoms with Crippen molar-refractivity contribution in [2.24, 2.45) is 11.7 Å². The molecule has 0 saturated heterocycles. The van der Waals surface area contributed by atoms with E-state index in [1.165, 1.54) is 19.3 Å². The molecule has 1 saturated carbocycles. The molecule has 0 heterocycles. The van der Waals surface area contributed by atoms with Gasteiger partial charge in [0.05, 0.1) is 0 Å². The monoisotopic (exact) mass is 275 g/mol. The molecule has 0 radical (unpaired) electrons. The molecule has 1 fully saturated rings. The molecule has 1 aromatic rings. The molecule has 0 spiro atoms. The first-order chi connectivity index (χ1) is 9.47. The van der Waals surface area contributed by atoms with Gasteiger partial charge in [-0.1, -0.05) is 19.9 Å². The minimum absolute atomic E-state index is 0.429. The minimum Gasteiger partial charge on any atom is -0.398 e. The Balaban J connectivity index is 2.04. The molecule has 20 heavy (non-hydrogen) atoms. The van der Waals surface area contributed by atoms with Crippen LogP contribution in [0, 0.1) is 5.92 Å². The van der Waals surface area contributed by atoms with Crippen LogP contribution in [0.25, 0.3) is 0 Å². The average molecular weight is 275 g/mol.